The van der Waals surface area contributed by atoms with Gasteiger partial charge in [-0.2, -0.15) is 0 Å². The fraction of sp³-hybridized carbons (Fsp3) is 0.286. The van der Waals surface area contributed by atoms with E-state index in [4.69, 9.17) is 4.74 Å². The van der Waals surface area contributed by atoms with Crippen LogP contribution in [0, 0.1) is 12.7 Å². The van der Waals surface area contributed by atoms with Crippen molar-refractivity contribution < 1.29 is 13.9 Å². The summed E-state index contributed by atoms with van der Waals surface area (Å²) in [4.78, 5) is 18.8. The van der Waals surface area contributed by atoms with Crippen LogP contribution in [0.25, 0.3) is 0 Å². The second kappa shape index (κ2) is 5.20. The summed E-state index contributed by atoms with van der Waals surface area (Å²) in [6, 6.07) is 4.72. The Hall–Kier alpha value is -1.95. The zero-order chi connectivity index (χ0) is 14.1. The number of hydrogen-bond donors (Lipinski definition) is 0. The van der Waals surface area contributed by atoms with Crippen molar-refractivity contribution in [2.75, 3.05) is 13.2 Å². The van der Waals surface area contributed by atoms with Crippen LogP contribution in [0.5, 0.6) is 5.75 Å². The molecule has 0 unspecified atom stereocenters. The van der Waals surface area contributed by atoms with E-state index >= 15 is 0 Å². The summed E-state index contributed by atoms with van der Waals surface area (Å²) in [5, 5.41) is 0. The minimum Gasteiger partial charge on any atom is -0.491 e. The van der Waals surface area contributed by atoms with Gasteiger partial charge in [0.25, 0.3) is 5.91 Å². The highest BCUT2D eigenvalue weighted by Gasteiger charge is 2.25. The van der Waals surface area contributed by atoms with Crippen LogP contribution in [-0.4, -0.2) is 28.9 Å². The summed E-state index contributed by atoms with van der Waals surface area (Å²) in [5.74, 6) is 0.0502. The van der Waals surface area contributed by atoms with E-state index in [0.29, 0.717) is 35.0 Å². The van der Waals surface area contributed by atoms with E-state index < -0.39 is 0 Å². The highest BCUT2D eigenvalue weighted by molar-refractivity contribution is 7.11. The second-order valence-corrected chi connectivity index (χ2v) is 5.41. The van der Waals surface area contributed by atoms with Gasteiger partial charge >= 0.3 is 0 Å². The van der Waals surface area contributed by atoms with Crippen molar-refractivity contribution in [3.05, 3.63) is 45.7 Å². The first-order valence-corrected chi connectivity index (χ1v) is 7.14. The Bertz CT molecular complexity index is 656. The highest BCUT2D eigenvalue weighted by atomic mass is 32.1. The Morgan fingerprint density at radius 2 is 2.35 bits per heavy atom. The molecule has 0 bridgehead atoms. The van der Waals surface area contributed by atoms with Crippen molar-refractivity contribution in [3.8, 4) is 5.75 Å². The van der Waals surface area contributed by atoms with Crippen molar-refractivity contribution in [2.45, 2.75) is 13.5 Å². The highest BCUT2D eigenvalue weighted by Crippen LogP contribution is 2.27. The average Bonchev–Trinajstić information content (AvgIpc) is 2.73. The SMILES string of the molecule is Cc1ncsc1C(=O)N1CCOc2cccc(F)c2C1. The van der Waals surface area contributed by atoms with Gasteiger partial charge in [-0.05, 0) is 19.1 Å². The third kappa shape index (κ3) is 2.27. The molecule has 0 atom stereocenters. The Balaban J connectivity index is 1.91. The number of nitrogens with zero attached hydrogens (tertiary/aromatic N) is 2. The summed E-state index contributed by atoms with van der Waals surface area (Å²) in [6.45, 7) is 2.81. The number of ether oxygens (including phenoxy) is 1. The fourth-order valence-corrected chi connectivity index (χ4v) is 2.96. The maximum Gasteiger partial charge on any atom is 0.266 e. The smallest absolute Gasteiger partial charge is 0.266 e. The van der Waals surface area contributed by atoms with Gasteiger partial charge < -0.3 is 9.64 Å². The molecule has 0 saturated heterocycles. The molecule has 0 saturated carbocycles. The lowest BCUT2D eigenvalue weighted by Gasteiger charge is -2.19. The maximum atomic E-state index is 13.9. The lowest BCUT2D eigenvalue weighted by Crippen LogP contribution is -2.32. The van der Waals surface area contributed by atoms with Gasteiger partial charge in [-0.1, -0.05) is 6.07 Å². The summed E-state index contributed by atoms with van der Waals surface area (Å²) in [7, 11) is 0. The van der Waals surface area contributed by atoms with Crippen LogP contribution in [0.15, 0.2) is 23.7 Å². The monoisotopic (exact) mass is 292 g/mol. The quantitative estimate of drug-likeness (QED) is 0.811. The van der Waals surface area contributed by atoms with Gasteiger partial charge in [-0.25, -0.2) is 9.37 Å². The van der Waals surface area contributed by atoms with E-state index in [2.05, 4.69) is 4.98 Å². The number of rotatable bonds is 1. The van der Waals surface area contributed by atoms with Crippen LogP contribution < -0.4 is 4.74 Å². The number of thiazole rings is 1. The van der Waals surface area contributed by atoms with Gasteiger partial charge in [0.05, 0.1) is 24.3 Å². The number of amides is 1. The zero-order valence-electron chi connectivity index (χ0n) is 10.9. The van der Waals surface area contributed by atoms with Crippen LogP contribution >= 0.6 is 11.3 Å². The van der Waals surface area contributed by atoms with Gasteiger partial charge in [0.15, 0.2) is 0 Å². The van der Waals surface area contributed by atoms with Gasteiger partial charge in [0.2, 0.25) is 0 Å². The number of aromatic nitrogens is 1. The lowest BCUT2D eigenvalue weighted by molar-refractivity contribution is 0.0736. The Labute approximate surface area is 119 Å². The van der Waals surface area contributed by atoms with E-state index in [-0.39, 0.29) is 18.3 Å². The van der Waals surface area contributed by atoms with E-state index in [1.165, 1.54) is 17.4 Å². The number of halogens is 1. The molecule has 1 aromatic carbocycles. The first-order chi connectivity index (χ1) is 9.66. The molecule has 0 aliphatic carbocycles. The van der Waals surface area contributed by atoms with Crippen LogP contribution in [-0.2, 0) is 6.54 Å². The van der Waals surface area contributed by atoms with Gasteiger partial charge in [0.1, 0.15) is 23.1 Å². The third-order valence-corrected chi connectivity index (χ3v) is 4.19. The molecule has 4 nitrogen and oxygen atoms in total. The molecule has 1 aliphatic heterocycles. The number of fused-ring (bicyclic) bond motifs is 1. The number of carbonyl (C=O) groups is 1. The predicted octanol–water partition coefficient (Wildman–Crippen LogP) is 2.63. The molecule has 1 aromatic heterocycles. The average molecular weight is 292 g/mol. The normalized spacial score (nSPS) is 14.4. The van der Waals surface area contributed by atoms with Gasteiger partial charge in [0, 0.05) is 5.56 Å². The van der Waals surface area contributed by atoms with Crippen molar-refractivity contribution in [1.82, 2.24) is 9.88 Å². The molecule has 3 rings (SSSR count). The van der Waals surface area contributed by atoms with E-state index in [0.717, 1.165) is 0 Å². The molecule has 0 N–H and O–H groups in total. The summed E-state index contributed by atoms with van der Waals surface area (Å²) in [6.07, 6.45) is 0. The van der Waals surface area contributed by atoms with Gasteiger partial charge in [-0.15, -0.1) is 11.3 Å². The predicted molar refractivity (Wildman–Crippen MR) is 73.5 cm³/mol. The molecule has 2 aromatic rings. The Morgan fingerprint density at radius 1 is 1.50 bits per heavy atom. The van der Waals surface area contributed by atoms with Crippen molar-refractivity contribution in [3.63, 3.8) is 0 Å². The van der Waals surface area contributed by atoms with E-state index in [1.54, 1.807) is 29.5 Å². The van der Waals surface area contributed by atoms with Crippen LogP contribution in [0.2, 0.25) is 0 Å². The topological polar surface area (TPSA) is 42.4 Å². The zero-order valence-corrected chi connectivity index (χ0v) is 11.7. The maximum absolute atomic E-state index is 13.9. The number of benzene rings is 1. The van der Waals surface area contributed by atoms with Crippen molar-refractivity contribution in [2.24, 2.45) is 0 Å². The molecule has 0 radical (unpaired) electrons. The van der Waals surface area contributed by atoms with Crippen molar-refractivity contribution >= 4 is 17.2 Å². The van der Waals surface area contributed by atoms with Crippen LogP contribution in [0.4, 0.5) is 4.39 Å². The second-order valence-electron chi connectivity index (χ2n) is 4.56. The Morgan fingerprint density at radius 3 is 3.10 bits per heavy atom. The Kier molecular flexibility index (Phi) is 3.40. The minimum absolute atomic E-state index is 0.121. The molecule has 6 heteroatoms. The largest absolute Gasteiger partial charge is 0.491 e. The molecule has 0 fully saturated rings. The molecule has 2 heterocycles. The molecule has 1 amide bonds. The van der Waals surface area contributed by atoms with E-state index in [1.807, 2.05) is 0 Å². The summed E-state index contributed by atoms with van der Waals surface area (Å²) >= 11 is 1.31. The van der Waals surface area contributed by atoms with Gasteiger partial charge in [-0.3, -0.25) is 4.79 Å². The van der Waals surface area contributed by atoms with Crippen LogP contribution in [0.1, 0.15) is 20.9 Å². The first-order valence-electron chi connectivity index (χ1n) is 6.26. The van der Waals surface area contributed by atoms with Crippen LogP contribution in [0.3, 0.4) is 0 Å². The summed E-state index contributed by atoms with van der Waals surface area (Å²) < 4.78 is 19.4. The first kappa shape index (κ1) is 13.1. The molecular formula is C14H13FN2O2S. The molecule has 0 spiro atoms. The minimum atomic E-state index is -0.344. The molecular weight excluding hydrogens is 279 g/mol. The number of aryl methyl sites for hydroxylation is 1. The molecule has 104 valence electrons. The van der Waals surface area contributed by atoms with E-state index in [9.17, 15) is 9.18 Å². The molecule has 20 heavy (non-hydrogen) atoms. The lowest BCUT2D eigenvalue weighted by atomic mass is 10.1. The van der Waals surface area contributed by atoms with Crippen molar-refractivity contribution in [1.29, 1.82) is 0 Å². The standard InChI is InChI=1S/C14H13FN2O2S/c1-9-13(20-8-16-9)14(18)17-5-6-19-12-4-2-3-11(15)10(12)7-17/h2-4,8H,5-7H2,1H3. The molecule has 1 aliphatic rings. The third-order valence-electron chi connectivity index (χ3n) is 3.27. The number of carbonyl (C=O) groups excluding carboxylic acids is 1. The number of hydrogen-bond acceptors (Lipinski definition) is 4. The summed E-state index contributed by atoms with van der Waals surface area (Å²) in [5.41, 5.74) is 2.78. The fourth-order valence-electron chi connectivity index (χ4n) is 2.19.